The Labute approximate surface area is 118 Å². The normalized spacial score (nSPS) is 11.3. The average molecular weight is 288 g/mol. The second-order valence-electron chi connectivity index (χ2n) is 5.11. The van der Waals surface area contributed by atoms with E-state index in [2.05, 4.69) is 26.6 Å². The first-order valence-corrected chi connectivity index (χ1v) is 10.1. The van der Waals surface area contributed by atoms with Crippen LogP contribution in [0.2, 0.25) is 19.1 Å². The van der Waals surface area contributed by atoms with E-state index in [1.54, 1.807) is 0 Å². The number of hydrogen-bond donors (Lipinski definition) is 0. The number of hydrogen-bond acceptors (Lipinski definition) is 4. The highest BCUT2D eigenvalue weighted by atomic mass is 28.4. The van der Waals surface area contributed by atoms with Crippen LogP contribution in [0.25, 0.3) is 0 Å². The van der Waals surface area contributed by atoms with Gasteiger partial charge < -0.3 is 13.9 Å². The number of unbranched alkanes of at least 4 members (excludes halogenated alkanes) is 2. The molecule has 112 valence electrons. The standard InChI is InChI=1S/C14H28O4Si/c1-5-7-8-11-18-19(3,4)12-9-10-16-13-17-14(15)6-2/h6H,2,5,7-13H2,1,3-4H3. The molecule has 0 aliphatic heterocycles. The summed E-state index contributed by atoms with van der Waals surface area (Å²) in [7, 11) is -1.55. The van der Waals surface area contributed by atoms with Crippen LogP contribution in [0, 0.1) is 0 Å². The summed E-state index contributed by atoms with van der Waals surface area (Å²) in [5.41, 5.74) is 0. The molecule has 0 spiro atoms. The molecule has 0 fully saturated rings. The van der Waals surface area contributed by atoms with Crippen molar-refractivity contribution in [2.45, 2.75) is 51.7 Å². The highest BCUT2D eigenvalue weighted by molar-refractivity contribution is 6.71. The van der Waals surface area contributed by atoms with Gasteiger partial charge in [-0.25, -0.2) is 4.79 Å². The maximum Gasteiger partial charge on any atom is 0.332 e. The average Bonchev–Trinajstić information content (AvgIpc) is 2.38. The third kappa shape index (κ3) is 12.1. The third-order valence-corrected chi connectivity index (χ3v) is 5.30. The largest absolute Gasteiger partial charge is 0.435 e. The van der Waals surface area contributed by atoms with E-state index in [0.717, 1.165) is 31.6 Å². The molecule has 0 radical (unpaired) electrons. The number of rotatable bonds is 12. The minimum absolute atomic E-state index is 0.00416. The van der Waals surface area contributed by atoms with E-state index in [1.165, 1.54) is 12.8 Å². The van der Waals surface area contributed by atoms with Crippen molar-refractivity contribution < 1.29 is 18.7 Å². The van der Waals surface area contributed by atoms with Gasteiger partial charge in [-0.05, 0) is 32.0 Å². The van der Waals surface area contributed by atoms with Gasteiger partial charge in [0.2, 0.25) is 0 Å². The minimum Gasteiger partial charge on any atom is -0.435 e. The maximum absolute atomic E-state index is 10.7. The highest BCUT2D eigenvalue weighted by Gasteiger charge is 2.21. The van der Waals surface area contributed by atoms with Crippen LogP contribution >= 0.6 is 0 Å². The van der Waals surface area contributed by atoms with E-state index in [9.17, 15) is 4.79 Å². The summed E-state index contributed by atoms with van der Waals surface area (Å²) in [5.74, 6) is -0.450. The first-order valence-electron chi connectivity index (χ1n) is 7.02. The molecule has 0 aliphatic rings. The van der Waals surface area contributed by atoms with Crippen molar-refractivity contribution in [3.8, 4) is 0 Å². The molecule has 5 heteroatoms. The summed E-state index contributed by atoms with van der Waals surface area (Å²) in [4.78, 5) is 10.7. The first-order chi connectivity index (χ1) is 9.02. The number of ether oxygens (including phenoxy) is 2. The third-order valence-electron chi connectivity index (χ3n) is 2.76. The van der Waals surface area contributed by atoms with E-state index in [1.807, 2.05) is 0 Å². The summed E-state index contributed by atoms with van der Waals surface area (Å²) in [6.45, 7) is 11.4. The lowest BCUT2D eigenvalue weighted by atomic mass is 10.3. The molecule has 0 unspecified atom stereocenters. The van der Waals surface area contributed by atoms with Gasteiger partial charge >= 0.3 is 5.97 Å². The Morgan fingerprint density at radius 3 is 2.58 bits per heavy atom. The van der Waals surface area contributed by atoms with Crippen LogP contribution in [-0.4, -0.2) is 34.3 Å². The number of carbonyl (C=O) groups is 1. The molecule has 0 rings (SSSR count). The second kappa shape index (κ2) is 11.2. The van der Waals surface area contributed by atoms with Crippen molar-refractivity contribution in [2.24, 2.45) is 0 Å². The fraction of sp³-hybridized carbons (Fsp3) is 0.786. The van der Waals surface area contributed by atoms with Crippen molar-refractivity contribution in [2.75, 3.05) is 20.0 Å². The summed E-state index contributed by atoms with van der Waals surface area (Å²) in [5, 5.41) is 0. The fourth-order valence-electron chi connectivity index (χ4n) is 1.59. The van der Waals surface area contributed by atoms with Gasteiger partial charge in [0.15, 0.2) is 15.1 Å². The lowest BCUT2D eigenvalue weighted by Crippen LogP contribution is -2.31. The molecule has 0 N–H and O–H groups in total. The van der Waals surface area contributed by atoms with E-state index in [-0.39, 0.29) is 6.79 Å². The van der Waals surface area contributed by atoms with Crippen LogP contribution in [0.5, 0.6) is 0 Å². The van der Waals surface area contributed by atoms with Crippen LogP contribution < -0.4 is 0 Å². The lowest BCUT2D eigenvalue weighted by Gasteiger charge is -2.22. The Kier molecular flexibility index (Phi) is 10.8. The van der Waals surface area contributed by atoms with Crippen LogP contribution in [0.3, 0.4) is 0 Å². The molecule has 0 heterocycles. The molecule has 0 saturated carbocycles. The Bertz CT molecular complexity index is 254. The molecule has 0 saturated heterocycles. The SMILES string of the molecule is C=CC(=O)OCOCCC[Si](C)(C)OCCCCC. The molecule has 0 aromatic heterocycles. The molecule has 0 bridgehead atoms. The summed E-state index contributed by atoms with van der Waals surface area (Å²) in [6.07, 6.45) is 5.69. The topological polar surface area (TPSA) is 44.8 Å². The number of esters is 1. The monoisotopic (exact) mass is 288 g/mol. The van der Waals surface area contributed by atoms with Crippen molar-refractivity contribution >= 4 is 14.3 Å². The van der Waals surface area contributed by atoms with Gasteiger partial charge in [0, 0.05) is 12.7 Å². The van der Waals surface area contributed by atoms with Crippen LogP contribution in [0.4, 0.5) is 0 Å². The van der Waals surface area contributed by atoms with Crippen molar-refractivity contribution in [1.29, 1.82) is 0 Å². The highest BCUT2D eigenvalue weighted by Crippen LogP contribution is 2.14. The Balaban J connectivity index is 3.47. The van der Waals surface area contributed by atoms with Crippen LogP contribution in [-0.2, 0) is 18.7 Å². The summed E-state index contributed by atoms with van der Waals surface area (Å²) < 4.78 is 15.9. The van der Waals surface area contributed by atoms with E-state index in [0.29, 0.717) is 6.61 Å². The smallest absolute Gasteiger partial charge is 0.332 e. The van der Waals surface area contributed by atoms with Gasteiger partial charge in [-0.15, -0.1) is 0 Å². The molecule has 0 aliphatic carbocycles. The molecular weight excluding hydrogens is 260 g/mol. The molecule has 0 aromatic carbocycles. The van der Waals surface area contributed by atoms with Gasteiger partial charge in [-0.3, -0.25) is 0 Å². The van der Waals surface area contributed by atoms with E-state index < -0.39 is 14.3 Å². The maximum atomic E-state index is 10.7. The second-order valence-corrected chi connectivity index (χ2v) is 9.42. The first kappa shape index (κ1) is 18.3. The van der Waals surface area contributed by atoms with Gasteiger partial charge in [0.1, 0.15) is 0 Å². The zero-order valence-corrected chi connectivity index (χ0v) is 13.6. The predicted molar refractivity (Wildman–Crippen MR) is 79.5 cm³/mol. The zero-order valence-electron chi connectivity index (χ0n) is 12.6. The predicted octanol–water partition coefficient (Wildman–Crippen LogP) is 3.49. The van der Waals surface area contributed by atoms with E-state index >= 15 is 0 Å². The van der Waals surface area contributed by atoms with Gasteiger partial charge in [-0.1, -0.05) is 26.3 Å². The minimum atomic E-state index is -1.55. The molecule has 4 nitrogen and oxygen atoms in total. The van der Waals surface area contributed by atoms with Crippen LogP contribution in [0.1, 0.15) is 32.6 Å². The van der Waals surface area contributed by atoms with Gasteiger partial charge in [0.05, 0.1) is 6.61 Å². The van der Waals surface area contributed by atoms with Crippen molar-refractivity contribution in [1.82, 2.24) is 0 Å². The van der Waals surface area contributed by atoms with Crippen molar-refractivity contribution in [3.05, 3.63) is 12.7 Å². The van der Waals surface area contributed by atoms with Crippen LogP contribution in [0.15, 0.2) is 12.7 Å². The zero-order chi connectivity index (χ0) is 14.6. The molecule has 19 heavy (non-hydrogen) atoms. The molecular formula is C14H28O4Si. The summed E-state index contributed by atoms with van der Waals surface area (Å²) >= 11 is 0. The van der Waals surface area contributed by atoms with Gasteiger partial charge in [-0.2, -0.15) is 0 Å². The Hall–Kier alpha value is -0.653. The van der Waals surface area contributed by atoms with Gasteiger partial charge in [0.25, 0.3) is 0 Å². The molecule has 0 aromatic rings. The molecule has 0 amide bonds. The van der Waals surface area contributed by atoms with Crippen molar-refractivity contribution in [3.63, 3.8) is 0 Å². The fourth-order valence-corrected chi connectivity index (χ4v) is 3.43. The quantitative estimate of drug-likeness (QED) is 0.181. The lowest BCUT2D eigenvalue weighted by molar-refractivity contribution is -0.150. The number of carbonyl (C=O) groups excluding carboxylic acids is 1. The molecule has 0 atom stereocenters. The Morgan fingerprint density at radius 2 is 1.95 bits per heavy atom. The van der Waals surface area contributed by atoms with E-state index in [4.69, 9.17) is 13.9 Å². The Morgan fingerprint density at radius 1 is 1.21 bits per heavy atom. The summed E-state index contributed by atoms with van der Waals surface area (Å²) in [6, 6.07) is 1.06.